The van der Waals surface area contributed by atoms with Gasteiger partial charge in [-0.25, -0.2) is 15.0 Å². The fourth-order valence-corrected chi connectivity index (χ4v) is 10.7. The van der Waals surface area contributed by atoms with Gasteiger partial charge in [-0.2, -0.15) is 0 Å². The summed E-state index contributed by atoms with van der Waals surface area (Å²) in [7, 11) is 0. The molecule has 2 aromatic heterocycles. The van der Waals surface area contributed by atoms with Gasteiger partial charge in [0.1, 0.15) is 0 Å². The average Bonchev–Trinajstić information content (AvgIpc) is 3.85. The van der Waals surface area contributed by atoms with Crippen LogP contribution in [0.25, 0.3) is 87.4 Å². The third-order valence-corrected chi connectivity index (χ3v) is 13.4. The molecule has 0 amide bonds. The Labute approximate surface area is 352 Å². The first-order valence-electron chi connectivity index (χ1n) is 20.4. The van der Waals surface area contributed by atoms with E-state index in [2.05, 4.69) is 152 Å². The van der Waals surface area contributed by atoms with E-state index in [1.165, 1.54) is 64.7 Å². The topological polar surface area (TPSA) is 38.7 Å². The molecule has 0 unspecified atom stereocenters. The maximum absolute atomic E-state index is 5.07. The van der Waals surface area contributed by atoms with Gasteiger partial charge in [0.15, 0.2) is 17.5 Å². The van der Waals surface area contributed by atoms with E-state index >= 15 is 0 Å². The smallest absolute Gasteiger partial charge is 0.164 e. The third-order valence-electron chi connectivity index (χ3n) is 12.2. The zero-order valence-electron chi connectivity index (χ0n) is 32.5. The second kappa shape index (κ2) is 13.8. The Hall–Kier alpha value is -7.53. The molecule has 0 radical (unpaired) electrons. The molecule has 12 rings (SSSR count). The van der Waals surface area contributed by atoms with E-state index in [9.17, 15) is 0 Å². The summed E-state index contributed by atoms with van der Waals surface area (Å²) in [4.78, 5) is 15.1. The molecule has 0 fully saturated rings. The Morgan fingerprint density at radius 2 is 0.900 bits per heavy atom. The number of fused-ring (bicyclic) bond motifs is 7. The van der Waals surface area contributed by atoms with Crippen molar-refractivity contribution in [3.8, 4) is 56.4 Å². The number of thiophene rings is 1. The first kappa shape index (κ1) is 34.5. The van der Waals surface area contributed by atoms with Crippen LogP contribution < -0.4 is 0 Å². The van der Waals surface area contributed by atoms with Crippen LogP contribution in [-0.4, -0.2) is 15.0 Å². The van der Waals surface area contributed by atoms with Gasteiger partial charge in [-0.05, 0) is 79.5 Å². The summed E-state index contributed by atoms with van der Waals surface area (Å²) in [6.45, 7) is 0. The molecule has 9 aromatic carbocycles. The predicted octanol–water partition coefficient (Wildman–Crippen LogP) is 14.4. The van der Waals surface area contributed by atoms with Crippen LogP contribution in [0.5, 0.6) is 0 Å². The molecule has 3 nitrogen and oxygen atoms in total. The minimum Gasteiger partial charge on any atom is -0.208 e. The average molecular weight is 782 g/mol. The maximum Gasteiger partial charge on any atom is 0.164 e. The largest absolute Gasteiger partial charge is 0.208 e. The standard InChI is InChI=1S/C56H35N3S/c1-4-16-36(17-5-1)53-57-54(37-18-6-2-7-19-37)59-55(58-53)46-26-14-20-38-34-39(30-32-42(38)46)43-25-15-29-51-52(43)47-35-41(31-33-50(47)60-51)56(40-21-8-3-9-22-40)48-27-12-10-23-44(48)45-24-11-13-28-49(45)56/h1-35H. The Kier molecular flexibility index (Phi) is 7.94. The molecule has 280 valence electrons. The van der Waals surface area contributed by atoms with Crippen LogP contribution in [0.1, 0.15) is 22.3 Å². The maximum atomic E-state index is 5.07. The van der Waals surface area contributed by atoms with E-state index in [4.69, 9.17) is 15.0 Å². The van der Waals surface area contributed by atoms with Gasteiger partial charge in [-0.3, -0.25) is 0 Å². The van der Waals surface area contributed by atoms with Gasteiger partial charge < -0.3 is 0 Å². The van der Waals surface area contributed by atoms with Crippen LogP contribution in [0, 0.1) is 0 Å². The Bertz CT molecular complexity index is 3330. The summed E-state index contributed by atoms with van der Waals surface area (Å²) in [5, 5.41) is 4.79. The van der Waals surface area contributed by atoms with Gasteiger partial charge >= 0.3 is 0 Å². The summed E-state index contributed by atoms with van der Waals surface area (Å²) in [5.74, 6) is 1.96. The zero-order chi connectivity index (χ0) is 39.6. The molecule has 1 aliphatic carbocycles. The minimum absolute atomic E-state index is 0.457. The van der Waals surface area contributed by atoms with Gasteiger partial charge in [-0.15, -0.1) is 11.3 Å². The summed E-state index contributed by atoms with van der Waals surface area (Å²) in [6, 6.07) is 76.5. The van der Waals surface area contributed by atoms with Crippen molar-refractivity contribution >= 4 is 42.3 Å². The molecule has 4 heteroatoms. The molecule has 0 atom stereocenters. The predicted molar refractivity (Wildman–Crippen MR) is 249 cm³/mol. The van der Waals surface area contributed by atoms with Crippen molar-refractivity contribution in [1.29, 1.82) is 0 Å². The molecule has 0 saturated heterocycles. The number of aromatic nitrogens is 3. The van der Waals surface area contributed by atoms with Gasteiger partial charge in [0, 0.05) is 36.9 Å². The van der Waals surface area contributed by atoms with Crippen LogP contribution in [-0.2, 0) is 5.41 Å². The molecular weight excluding hydrogens is 747 g/mol. The monoisotopic (exact) mass is 781 g/mol. The van der Waals surface area contributed by atoms with Crippen molar-refractivity contribution in [1.82, 2.24) is 15.0 Å². The second-order valence-electron chi connectivity index (χ2n) is 15.5. The normalized spacial score (nSPS) is 12.8. The number of hydrogen-bond donors (Lipinski definition) is 0. The van der Waals surface area contributed by atoms with Gasteiger partial charge in [-0.1, -0.05) is 188 Å². The summed E-state index contributed by atoms with van der Waals surface area (Å²) in [5.41, 5.74) is 12.6. The Morgan fingerprint density at radius 1 is 0.333 bits per heavy atom. The number of hydrogen-bond acceptors (Lipinski definition) is 4. The first-order chi connectivity index (χ1) is 29.7. The highest BCUT2D eigenvalue weighted by Gasteiger charge is 2.46. The van der Waals surface area contributed by atoms with Gasteiger partial charge in [0.2, 0.25) is 0 Å². The lowest BCUT2D eigenvalue weighted by atomic mass is 9.67. The fraction of sp³-hybridized carbons (Fsp3) is 0.0179. The van der Waals surface area contributed by atoms with E-state index < -0.39 is 5.41 Å². The van der Waals surface area contributed by atoms with Crippen molar-refractivity contribution in [2.45, 2.75) is 5.41 Å². The quantitative estimate of drug-likeness (QED) is 0.169. The molecule has 11 aromatic rings. The molecule has 60 heavy (non-hydrogen) atoms. The Balaban J connectivity index is 1.03. The first-order valence-corrected chi connectivity index (χ1v) is 21.2. The van der Waals surface area contributed by atoms with Crippen molar-refractivity contribution in [3.05, 3.63) is 235 Å². The highest BCUT2D eigenvalue weighted by Crippen LogP contribution is 2.57. The molecule has 2 heterocycles. The van der Waals surface area contributed by atoms with Crippen LogP contribution in [0.4, 0.5) is 0 Å². The molecule has 0 aliphatic heterocycles. The van der Waals surface area contributed by atoms with Crippen LogP contribution in [0.2, 0.25) is 0 Å². The van der Waals surface area contributed by atoms with Crippen molar-refractivity contribution in [3.63, 3.8) is 0 Å². The van der Waals surface area contributed by atoms with E-state index in [1.807, 2.05) is 72.0 Å². The lowest BCUT2D eigenvalue weighted by Gasteiger charge is -2.34. The second-order valence-corrected chi connectivity index (χ2v) is 16.6. The molecule has 0 saturated carbocycles. The highest BCUT2D eigenvalue weighted by molar-refractivity contribution is 7.26. The molecule has 0 spiro atoms. The van der Waals surface area contributed by atoms with Gasteiger partial charge in [0.25, 0.3) is 0 Å². The van der Waals surface area contributed by atoms with Crippen LogP contribution >= 0.6 is 11.3 Å². The number of nitrogens with zero attached hydrogens (tertiary/aromatic N) is 3. The molecule has 1 aliphatic rings. The number of rotatable bonds is 6. The third kappa shape index (κ3) is 5.31. The van der Waals surface area contributed by atoms with Crippen LogP contribution in [0.3, 0.4) is 0 Å². The van der Waals surface area contributed by atoms with Gasteiger partial charge in [0.05, 0.1) is 5.41 Å². The van der Waals surface area contributed by atoms with Crippen LogP contribution in [0.15, 0.2) is 212 Å². The highest BCUT2D eigenvalue weighted by atomic mass is 32.1. The van der Waals surface area contributed by atoms with Crippen molar-refractivity contribution in [2.75, 3.05) is 0 Å². The molecule has 0 N–H and O–H groups in total. The summed E-state index contributed by atoms with van der Waals surface area (Å²) < 4.78 is 2.56. The van der Waals surface area contributed by atoms with Crippen molar-refractivity contribution < 1.29 is 0 Å². The lowest BCUT2D eigenvalue weighted by Crippen LogP contribution is -2.28. The fourth-order valence-electron chi connectivity index (χ4n) is 9.59. The summed E-state index contributed by atoms with van der Waals surface area (Å²) >= 11 is 1.87. The number of benzene rings is 9. The summed E-state index contributed by atoms with van der Waals surface area (Å²) in [6.07, 6.45) is 0. The van der Waals surface area contributed by atoms with E-state index in [-0.39, 0.29) is 0 Å². The Morgan fingerprint density at radius 3 is 1.58 bits per heavy atom. The van der Waals surface area contributed by atoms with E-state index in [1.54, 1.807) is 0 Å². The SMILES string of the molecule is c1ccc(-c2nc(-c3ccccc3)nc(-c3cccc4cc(-c5cccc6sc7ccc(C8(c9ccccc9)c9ccccc9-c9ccccc98)cc7c56)ccc34)n2)cc1. The minimum atomic E-state index is -0.457. The lowest BCUT2D eigenvalue weighted by molar-refractivity contribution is 0.770. The molecule has 0 bridgehead atoms. The van der Waals surface area contributed by atoms with Crippen molar-refractivity contribution in [2.24, 2.45) is 0 Å². The van der Waals surface area contributed by atoms with E-state index in [0.717, 1.165) is 27.5 Å². The van der Waals surface area contributed by atoms with E-state index in [0.29, 0.717) is 17.5 Å². The zero-order valence-corrected chi connectivity index (χ0v) is 33.3. The molecular formula is C56H35N3S.